The zero-order chi connectivity index (χ0) is 11.4. The molecule has 0 aromatic carbocycles. The summed E-state index contributed by atoms with van der Waals surface area (Å²) in [6, 6.07) is 7.43. The molecule has 82 valence electrons. The van der Waals surface area contributed by atoms with Crippen molar-refractivity contribution < 1.29 is 5.11 Å². The van der Waals surface area contributed by atoms with Gasteiger partial charge in [-0.3, -0.25) is 9.97 Å². The molecule has 0 aliphatic rings. The molecule has 0 radical (unpaired) electrons. The molecule has 0 bridgehead atoms. The first-order chi connectivity index (χ1) is 7.81. The molecule has 3 heteroatoms. The summed E-state index contributed by atoms with van der Waals surface area (Å²) in [4.78, 5) is 8.53. The van der Waals surface area contributed by atoms with E-state index >= 15 is 0 Å². The third-order valence-corrected chi connectivity index (χ3v) is 2.40. The van der Waals surface area contributed by atoms with Crippen LogP contribution in [0.4, 0.5) is 0 Å². The average Bonchev–Trinajstić information content (AvgIpc) is 2.32. The van der Waals surface area contributed by atoms with Crippen LogP contribution in [0.15, 0.2) is 36.7 Å². The van der Waals surface area contributed by atoms with Crippen LogP contribution >= 0.6 is 0 Å². The van der Waals surface area contributed by atoms with Crippen LogP contribution in [0.5, 0.6) is 5.75 Å². The molecule has 0 atom stereocenters. The highest BCUT2D eigenvalue weighted by molar-refractivity contribution is 5.58. The lowest BCUT2D eigenvalue weighted by molar-refractivity contribution is 0.473. The van der Waals surface area contributed by atoms with Crippen molar-refractivity contribution in [2.45, 2.75) is 19.8 Å². The van der Waals surface area contributed by atoms with Gasteiger partial charge in [-0.25, -0.2) is 0 Å². The summed E-state index contributed by atoms with van der Waals surface area (Å²) in [5.74, 6) is 0.178. The summed E-state index contributed by atoms with van der Waals surface area (Å²) < 4.78 is 0. The van der Waals surface area contributed by atoms with Crippen LogP contribution in [-0.4, -0.2) is 15.1 Å². The minimum Gasteiger partial charge on any atom is -0.506 e. The van der Waals surface area contributed by atoms with Crippen molar-refractivity contribution in [3.63, 3.8) is 0 Å². The topological polar surface area (TPSA) is 46.0 Å². The number of nitrogens with zero attached hydrogens (tertiary/aromatic N) is 2. The van der Waals surface area contributed by atoms with Gasteiger partial charge in [0.2, 0.25) is 0 Å². The Hall–Kier alpha value is -1.90. The van der Waals surface area contributed by atoms with Crippen LogP contribution in [0.25, 0.3) is 11.4 Å². The molecule has 2 aromatic heterocycles. The molecule has 3 nitrogen and oxygen atoms in total. The third kappa shape index (κ3) is 2.19. The van der Waals surface area contributed by atoms with Crippen LogP contribution in [-0.2, 0) is 6.42 Å². The molecular formula is C13H14N2O. The first kappa shape index (κ1) is 10.6. The largest absolute Gasteiger partial charge is 0.506 e. The molecular weight excluding hydrogens is 200 g/mol. The Morgan fingerprint density at radius 2 is 2.06 bits per heavy atom. The highest BCUT2D eigenvalue weighted by Gasteiger charge is 2.06. The van der Waals surface area contributed by atoms with Gasteiger partial charge in [0.25, 0.3) is 0 Å². The van der Waals surface area contributed by atoms with Crippen LogP contribution in [0.1, 0.15) is 18.9 Å². The van der Waals surface area contributed by atoms with Crippen molar-refractivity contribution in [2.24, 2.45) is 0 Å². The monoisotopic (exact) mass is 214 g/mol. The fraction of sp³-hybridized carbons (Fsp3) is 0.231. The van der Waals surface area contributed by atoms with Crippen molar-refractivity contribution in [2.75, 3.05) is 0 Å². The Kier molecular flexibility index (Phi) is 3.15. The molecule has 2 heterocycles. The molecule has 0 fully saturated rings. The van der Waals surface area contributed by atoms with Gasteiger partial charge in [-0.2, -0.15) is 0 Å². The highest BCUT2D eigenvalue weighted by atomic mass is 16.3. The van der Waals surface area contributed by atoms with Gasteiger partial charge in [0.05, 0.1) is 17.6 Å². The lowest BCUT2D eigenvalue weighted by Crippen LogP contribution is -1.94. The summed E-state index contributed by atoms with van der Waals surface area (Å²) in [6.07, 6.45) is 5.28. The predicted octanol–water partition coefficient (Wildman–Crippen LogP) is 2.80. The minimum atomic E-state index is 0.178. The van der Waals surface area contributed by atoms with Crippen molar-refractivity contribution >= 4 is 0 Å². The molecule has 2 rings (SSSR count). The van der Waals surface area contributed by atoms with E-state index in [1.807, 2.05) is 6.07 Å². The summed E-state index contributed by atoms with van der Waals surface area (Å²) >= 11 is 0. The fourth-order valence-electron chi connectivity index (χ4n) is 1.67. The van der Waals surface area contributed by atoms with Gasteiger partial charge in [0, 0.05) is 6.20 Å². The van der Waals surface area contributed by atoms with Crippen molar-refractivity contribution in [1.82, 2.24) is 9.97 Å². The Bertz CT molecular complexity index is 466. The zero-order valence-electron chi connectivity index (χ0n) is 9.22. The Morgan fingerprint density at radius 1 is 1.19 bits per heavy atom. The van der Waals surface area contributed by atoms with Crippen LogP contribution in [0.3, 0.4) is 0 Å². The second-order valence-corrected chi connectivity index (χ2v) is 3.66. The number of aryl methyl sites for hydroxylation is 1. The van der Waals surface area contributed by atoms with E-state index in [-0.39, 0.29) is 5.75 Å². The summed E-state index contributed by atoms with van der Waals surface area (Å²) in [6.45, 7) is 2.14. The highest BCUT2D eigenvalue weighted by Crippen LogP contribution is 2.21. The molecule has 16 heavy (non-hydrogen) atoms. The summed E-state index contributed by atoms with van der Waals surface area (Å²) in [5.41, 5.74) is 2.91. The van der Waals surface area contributed by atoms with Crippen molar-refractivity contribution in [3.05, 3.63) is 42.2 Å². The Labute approximate surface area is 94.8 Å². The summed E-state index contributed by atoms with van der Waals surface area (Å²) in [7, 11) is 0. The van der Waals surface area contributed by atoms with E-state index in [1.165, 1.54) is 11.8 Å². The molecule has 0 spiro atoms. The van der Waals surface area contributed by atoms with E-state index in [1.54, 1.807) is 18.3 Å². The molecule has 0 amide bonds. The van der Waals surface area contributed by atoms with Gasteiger partial charge >= 0.3 is 0 Å². The summed E-state index contributed by atoms with van der Waals surface area (Å²) in [5, 5.41) is 9.19. The Balaban J connectivity index is 2.42. The fourth-order valence-corrected chi connectivity index (χ4v) is 1.67. The first-order valence-corrected chi connectivity index (χ1v) is 5.40. The standard InChI is InChI=1S/C13H14N2O/c1-2-4-10-5-3-8-14-13(10)12-7-6-11(16)9-15-12/h3,5-9,16H,2,4H2,1H3. The number of hydrogen-bond donors (Lipinski definition) is 1. The van der Waals surface area contributed by atoms with E-state index < -0.39 is 0 Å². The minimum absolute atomic E-state index is 0.178. The molecule has 2 aromatic rings. The smallest absolute Gasteiger partial charge is 0.133 e. The van der Waals surface area contributed by atoms with Gasteiger partial charge in [0.15, 0.2) is 0 Å². The van der Waals surface area contributed by atoms with Crippen molar-refractivity contribution in [1.29, 1.82) is 0 Å². The van der Waals surface area contributed by atoms with E-state index in [4.69, 9.17) is 0 Å². The number of rotatable bonds is 3. The van der Waals surface area contributed by atoms with Gasteiger partial charge in [-0.05, 0) is 30.2 Å². The van der Waals surface area contributed by atoms with Crippen LogP contribution < -0.4 is 0 Å². The quantitative estimate of drug-likeness (QED) is 0.854. The SMILES string of the molecule is CCCc1cccnc1-c1ccc(O)cn1. The van der Waals surface area contributed by atoms with E-state index in [9.17, 15) is 5.11 Å². The first-order valence-electron chi connectivity index (χ1n) is 5.40. The van der Waals surface area contributed by atoms with E-state index in [0.717, 1.165) is 24.2 Å². The molecule has 1 N–H and O–H groups in total. The average molecular weight is 214 g/mol. The number of aromatic nitrogens is 2. The normalized spacial score (nSPS) is 10.3. The van der Waals surface area contributed by atoms with Gasteiger partial charge in [-0.1, -0.05) is 19.4 Å². The maximum atomic E-state index is 9.19. The van der Waals surface area contributed by atoms with Gasteiger partial charge < -0.3 is 5.11 Å². The van der Waals surface area contributed by atoms with Crippen LogP contribution in [0.2, 0.25) is 0 Å². The molecule has 0 saturated heterocycles. The molecule has 0 saturated carbocycles. The number of hydrogen-bond acceptors (Lipinski definition) is 3. The molecule has 0 aliphatic carbocycles. The second-order valence-electron chi connectivity index (χ2n) is 3.66. The number of aromatic hydroxyl groups is 1. The zero-order valence-corrected chi connectivity index (χ0v) is 9.22. The molecule has 0 unspecified atom stereocenters. The van der Waals surface area contributed by atoms with Crippen molar-refractivity contribution in [3.8, 4) is 17.1 Å². The second kappa shape index (κ2) is 4.75. The number of pyridine rings is 2. The van der Waals surface area contributed by atoms with E-state index in [0.29, 0.717) is 0 Å². The maximum Gasteiger partial charge on any atom is 0.133 e. The van der Waals surface area contributed by atoms with E-state index in [2.05, 4.69) is 23.0 Å². The maximum absolute atomic E-state index is 9.19. The molecule has 0 aliphatic heterocycles. The lowest BCUT2D eigenvalue weighted by atomic mass is 10.1. The van der Waals surface area contributed by atoms with Gasteiger partial charge in [0.1, 0.15) is 5.75 Å². The van der Waals surface area contributed by atoms with Crippen LogP contribution in [0, 0.1) is 0 Å². The Morgan fingerprint density at radius 3 is 2.75 bits per heavy atom. The lowest BCUT2D eigenvalue weighted by Gasteiger charge is -2.06. The third-order valence-electron chi connectivity index (χ3n) is 2.40. The van der Waals surface area contributed by atoms with Gasteiger partial charge in [-0.15, -0.1) is 0 Å². The predicted molar refractivity (Wildman–Crippen MR) is 63.1 cm³/mol.